The van der Waals surface area contributed by atoms with Crippen molar-refractivity contribution in [3.63, 3.8) is 0 Å². The van der Waals surface area contributed by atoms with E-state index in [0.29, 0.717) is 11.1 Å². The van der Waals surface area contributed by atoms with Crippen LogP contribution in [0.15, 0.2) is 67.0 Å². The first kappa shape index (κ1) is 22.9. The van der Waals surface area contributed by atoms with Crippen molar-refractivity contribution in [1.29, 1.82) is 0 Å². The third kappa shape index (κ3) is 4.71. The Morgan fingerprint density at radius 2 is 1.66 bits per heavy atom. The lowest BCUT2D eigenvalue weighted by molar-refractivity contribution is -0.0440. The van der Waals surface area contributed by atoms with Gasteiger partial charge in [-0.2, -0.15) is 0 Å². The van der Waals surface area contributed by atoms with E-state index in [1.165, 1.54) is 6.33 Å². The van der Waals surface area contributed by atoms with Gasteiger partial charge in [-0.25, -0.2) is 28.9 Å². The van der Waals surface area contributed by atoms with E-state index in [-0.39, 0.29) is 28.8 Å². The molecular weight excluding hydrogens is 479 g/mol. The van der Waals surface area contributed by atoms with Crippen molar-refractivity contribution in [2.45, 2.75) is 24.5 Å². The molecule has 1 N–H and O–H groups in total. The number of ether oxygens (including phenoxy) is 3. The molecule has 178 valence electrons. The third-order valence-corrected chi connectivity index (χ3v) is 5.75. The minimum atomic E-state index is -1.82. The van der Waals surface area contributed by atoms with Crippen LogP contribution >= 0.6 is 11.6 Å². The second kappa shape index (κ2) is 9.77. The first-order valence-electron chi connectivity index (χ1n) is 10.6. The van der Waals surface area contributed by atoms with Crippen LogP contribution < -0.4 is 0 Å². The lowest BCUT2D eigenvalue weighted by Gasteiger charge is -2.19. The molecule has 4 aromatic rings. The van der Waals surface area contributed by atoms with Gasteiger partial charge in [0.15, 0.2) is 29.2 Å². The molecule has 5 rings (SSSR count). The summed E-state index contributed by atoms with van der Waals surface area (Å²) in [4.78, 5) is 40.1. The molecule has 0 radical (unpaired) electrons. The molecule has 1 fully saturated rings. The number of hydrogen-bond acceptors (Lipinski definition) is 8. The molecular formula is C24H18ClFN4O5. The zero-order valence-corrected chi connectivity index (χ0v) is 18.8. The quantitative estimate of drug-likeness (QED) is 0.316. The van der Waals surface area contributed by atoms with Crippen molar-refractivity contribution < 1.29 is 28.2 Å². The third-order valence-electron chi connectivity index (χ3n) is 5.46. The molecule has 35 heavy (non-hydrogen) atoms. The molecule has 0 amide bonds. The fourth-order valence-electron chi connectivity index (χ4n) is 3.74. The number of fused-ring (bicyclic) bond motifs is 1. The number of aromatic nitrogens is 4. The summed E-state index contributed by atoms with van der Waals surface area (Å²) in [7, 11) is 0. The molecule has 0 aliphatic carbocycles. The number of alkyl halides is 1. The van der Waals surface area contributed by atoms with E-state index in [1.54, 1.807) is 60.7 Å². The molecule has 2 aromatic carbocycles. The van der Waals surface area contributed by atoms with E-state index in [0.717, 1.165) is 0 Å². The number of H-pyrrole nitrogens is 1. The van der Waals surface area contributed by atoms with Crippen molar-refractivity contribution in [2.75, 3.05) is 6.61 Å². The van der Waals surface area contributed by atoms with Crippen molar-refractivity contribution in [2.24, 2.45) is 0 Å². The van der Waals surface area contributed by atoms with Crippen molar-refractivity contribution in [1.82, 2.24) is 19.9 Å². The Morgan fingerprint density at radius 3 is 2.31 bits per heavy atom. The summed E-state index contributed by atoms with van der Waals surface area (Å²) in [6, 6.07) is 16.5. The highest BCUT2D eigenvalue weighted by Gasteiger charge is 2.50. The Balaban J connectivity index is 1.39. The van der Waals surface area contributed by atoms with Crippen LogP contribution in [0.3, 0.4) is 0 Å². The van der Waals surface area contributed by atoms with Crippen LogP contribution in [-0.4, -0.2) is 56.9 Å². The van der Waals surface area contributed by atoms with Crippen LogP contribution in [0.4, 0.5) is 4.39 Å². The monoisotopic (exact) mass is 496 g/mol. The number of imidazole rings is 1. The van der Waals surface area contributed by atoms with Gasteiger partial charge in [0.1, 0.15) is 30.4 Å². The summed E-state index contributed by atoms with van der Waals surface area (Å²) in [5.74, 6) is -1.26. The minimum absolute atomic E-state index is 0.0903. The van der Waals surface area contributed by atoms with Crippen LogP contribution in [0.1, 0.15) is 32.6 Å². The minimum Gasteiger partial charge on any atom is -0.459 e. The summed E-state index contributed by atoms with van der Waals surface area (Å²) in [6.07, 6.45) is -4.31. The highest BCUT2D eigenvalue weighted by atomic mass is 35.5. The first-order chi connectivity index (χ1) is 17.0. The molecule has 0 spiro atoms. The second-order valence-corrected chi connectivity index (χ2v) is 8.08. The molecule has 1 saturated heterocycles. The lowest BCUT2D eigenvalue weighted by Crippen LogP contribution is -2.36. The molecule has 1 aliphatic rings. The average Bonchev–Trinajstić information content (AvgIpc) is 3.46. The topological polar surface area (TPSA) is 116 Å². The maximum absolute atomic E-state index is 15.7. The van der Waals surface area contributed by atoms with Gasteiger partial charge in [-0.1, -0.05) is 48.0 Å². The van der Waals surface area contributed by atoms with Crippen molar-refractivity contribution in [3.8, 4) is 0 Å². The zero-order chi connectivity index (χ0) is 24.4. The van der Waals surface area contributed by atoms with Gasteiger partial charge in [0, 0.05) is 0 Å². The molecule has 0 bridgehead atoms. The maximum Gasteiger partial charge on any atom is 0.338 e. The van der Waals surface area contributed by atoms with Crippen LogP contribution in [0.25, 0.3) is 11.2 Å². The number of rotatable bonds is 6. The number of benzene rings is 2. The summed E-state index contributed by atoms with van der Waals surface area (Å²) in [5.41, 5.74) is 1.11. The Morgan fingerprint density at radius 1 is 1.00 bits per heavy atom. The molecule has 1 aliphatic heterocycles. The zero-order valence-electron chi connectivity index (χ0n) is 18.0. The normalized spacial score (nSPS) is 21.7. The summed E-state index contributed by atoms with van der Waals surface area (Å²) >= 11 is 6.07. The number of nitrogens with zero attached hydrogens (tertiary/aromatic N) is 3. The number of nitrogens with one attached hydrogen (secondary N) is 1. The fourth-order valence-corrected chi connectivity index (χ4v) is 3.92. The molecule has 1 unspecified atom stereocenters. The molecule has 9 nitrogen and oxygen atoms in total. The number of hydrogen-bond donors (Lipinski definition) is 1. The number of carbonyl (C=O) groups is 2. The Kier molecular flexibility index (Phi) is 6.39. The largest absolute Gasteiger partial charge is 0.459 e. The number of aromatic amines is 1. The van der Waals surface area contributed by atoms with E-state index < -0.39 is 36.4 Å². The lowest BCUT2D eigenvalue weighted by atomic mass is 10.1. The number of esters is 2. The summed E-state index contributed by atoms with van der Waals surface area (Å²) < 4.78 is 32.3. The summed E-state index contributed by atoms with van der Waals surface area (Å²) in [5, 5.41) is 0.113. The van der Waals surface area contributed by atoms with Gasteiger partial charge >= 0.3 is 11.9 Å². The van der Waals surface area contributed by atoms with Gasteiger partial charge in [-0.3, -0.25) is 0 Å². The van der Waals surface area contributed by atoms with Gasteiger partial charge < -0.3 is 19.2 Å². The number of carbonyl (C=O) groups excluding carboxylic acids is 2. The molecule has 0 saturated carbocycles. The highest BCUT2D eigenvalue weighted by molar-refractivity contribution is 6.33. The maximum atomic E-state index is 15.7. The number of halogens is 2. The van der Waals surface area contributed by atoms with E-state index in [9.17, 15) is 9.59 Å². The van der Waals surface area contributed by atoms with Crippen LogP contribution in [0, 0.1) is 0 Å². The Bertz CT molecular complexity index is 1350. The second-order valence-electron chi connectivity index (χ2n) is 7.73. The molecule has 11 heteroatoms. The van der Waals surface area contributed by atoms with E-state index in [2.05, 4.69) is 19.9 Å². The molecule has 2 aromatic heterocycles. The van der Waals surface area contributed by atoms with Gasteiger partial charge in [0.2, 0.25) is 0 Å². The standard InChI is InChI=1S/C24H18ClFN4O5/c25-20-17-21(28-12-27-20)30-22(29-17)19-16(26)18(35-24(32)14-9-5-2-6-10-14)15(34-19)11-33-23(31)13-7-3-1-4-8-13/h1-10,12,15-16,18-19H,11H2,(H,27,28,29,30)/t15-,16+,18-,19?/m1/s1. The highest BCUT2D eigenvalue weighted by Crippen LogP contribution is 2.37. The van der Waals surface area contributed by atoms with Crippen molar-refractivity contribution >= 4 is 34.7 Å². The molecule has 3 heterocycles. The van der Waals surface area contributed by atoms with Crippen LogP contribution in [0.2, 0.25) is 5.15 Å². The summed E-state index contributed by atoms with van der Waals surface area (Å²) in [6.45, 7) is -0.349. The van der Waals surface area contributed by atoms with Crippen LogP contribution in [-0.2, 0) is 14.2 Å². The fraction of sp³-hybridized carbons (Fsp3) is 0.208. The van der Waals surface area contributed by atoms with E-state index >= 15 is 4.39 Å². The average molecular weight is 497 g/mol. The Hall–Kier alpha value is -3.89. The first-order valence-corrected chi connectivity index (χ1v) is 11.0. The van der Waals surface area contributed by atoms with Gasteiger partial charge in [0.25, 0.3) is 0 Å². The van der Waals surface area contributed by atoms with Crippen molar-refractivity contribution in [3.05, 3.63) is 89.1 Å². The van der Waals surface area contributed by atoms with Gasteiger partial charge in [-0.15, -0.1) is 0 Å². The predicted octanol–water partition coefficient (Wildman–Crippen LogP) is 3.87. The predicted molar refractivity (Wildman–Crippen MR) is 122 cm³/mol. The SMILES string of the molecule is O=C(OC[C@H]1OC(c2nc3ncnc(Cl)c3[nH]2)[C@@H](F)[C@@H]1OC(=O)c1ccccc1)c1ccccc1. The molecule has 4 atom stereocenters. The van der Waals surface area contributed by atoms with Gasteiger partial charge in [0.05, 0.1) is 11.1 Å². The Labute approximate surface area is 203 Å². The van der Waals surface area contributed by atoms with Crippen LogP contribution in [0.5, 0.6) is 0 Å². The van der Waals surface area contributed by atoms with E-state index in [4.69, 9.17) is 25.8 Å². The van der Waals surface area contributed by atoms with E-state index in [1.807, 2.05) is 0 Å². The van der Waals surface area contributed by atoms with Gasteiger partial charge in [-0.05, 0) is 24.3 Å². The smallest absolute Gasteiger partial charge is 0.338 e.